The van der Waals surface area contributed by atoms with E-state index < -0.39 is 0 Å². The summed E-state index contributed by atoms with van der Waals surface area (Å²) < 4.78 is 1.96. The van der Waals surface area contributed by atoms with Crippen molar-refractivity contribution >= 4 is 23.5 Å². The first-order valence-corrected chi connectivity index (χ1v) is 8.42. The van der Waals surface area contributed by atoms with E-state index in [0.29, 0.717) is 35.3 Å². The maximum absolute atomic E-state index is 12.6. The number of nitrogen functional groups attached to an aromatic ring is 1. The maximum Gasteiger partial charge on any atom is 0.253 e. The molecule has 2 aromatic heterocycles. The second-order valence-corrected chi connectivity index (χ2v) is 6.48. The third-order valence-corrected chi connectivity index (χ3v) is 4.86. The molecule has 26 heavy (non-hydrogen) atoms. The highest BCUT2D eigenvalue weighted by Gasteiger charge is 2.30. The first-order valence-electron chi connectivity index (χ1n) is 8.05. The van der Waals surface area contributed by atoms with Crippen molar-refractivity contribution in [3.05, 3.63) is 46.7 Å². The number of carbonyl (C=O) groups is 1. The van der Waals surface area contributed by atoms with E-state index in [9.17, 15) is 9.90 Å². The number of aromatic nitrogens is 3. The topological polar surface area (TPSA) is 106 Å². The summed E-state index contributed by atoms with van der Waals surface area (Å²) in [5, 5.41) is 13.2. The van der Waals surface area contributed by atoms with E-state index >= 15 is 0 Å². The Balaban J connectivity index is 2.08. The lowest BCUT2D eigenvalue weighted by Gasteiger charge is -2.15. The summed E-state index contributed by atoms with van der Waals surface area (Å²) >= 11 is 5.95. The molecule has 1 aliphatic heterocycles. The van der Waals surface area contributed by atoms with Crippen LogP contribution in [0.4, 0.5) is 5.95 Å². The van der Waals surface area contributed by atoms with Gasteiger partial charge < -0.3 is 20.7 Å². The normalized spacial score (nSPS) is 13.4. The first-order chi connectivity index (χ1) is 12.5. The van der Waals surface area contributed by atoms with E-state index in [-0.39, 0.29) is 22.6 Å². The van der Waals surface area contributed by atoms with Crippen molar-refractivity contribution < 1.29 is 9.90 Å². The molecular formula is C18H16ClN5O2. The third kappa shape index (κ3) is 2.48. The van der Waals surface area contributed by atoms with Crippen LogP contribution in [0.5, 0.6) is 5.75 Å². The summed E-state index contributed by atoms with van der Waals surface area (Å²) in [6, 6.07) is 6.67. The number of rotatable bonds is 2. The fourth-order valence-electron chi connectivity index (χ4n) is 3.41. The zero-order valence-corrected chi connectivity index (χ0v) is 14.7. The number of nitrogens with zero attached hydrogens (tertiary/aromatic N) is 3. The van der Waals surface area contributed by atoms with E-state index in [1.807, 2.05) is 11.6 Å². The van der Waals surface area contributed by atoms with Gasteiger partial charge >= 0.3 is 0 Å². The summed E-state index contributed by atoms with van der Waals surface area (Å²) in [6.07, 6.45) is 2.28. The van der Waals surface area contributed by atoms with Gasteiger partial charge in [0, 0.05) is 37.5 Å². The van der Waals surface area contributed by atoms with Crippen molar-refractivity contribution in [1.29, 1.82) is 0 Å². The van der Waals surface area contributed by atoms with Crippen LogP contribution in [-0.2, 0) is 13.5 Å². The van der Waals surface area contributed by atoms with Gasteiger partial charge in [-0.3, -0.25) is 4.79 Å². The van der Waals surface area contributed by atoms with E-state index in [2.05, 4.69) is 15.3 Å². The number of fused-ring (bicyclic) bond motifs is 1. The van der Waals surface area contributed by atoms with Gasteiger partial charge in [0.15, 0.2) is 0 Å². The molecule has 0 saturated heterocycles. The van der Waals surface area contributed by atoms with Crippen molar-refractivity contribution in [3.8, 4) is 28.3 Å². The number of nitrogens with two attached hydrogens (primary N) is 1. The van der Waals surface area contributed by atoms with E-state index in [1.165, 1.54) is 0 Å². The molecule has 0 saturated carbocycles. The highest BCUT2D eigenvalue weighted by Crippen LogP contribution is 2.41. The highest BCUT2D eigenvalue weighted by atomic mass is 35.5. The summed E-state index contributed by atoms with van der Waals surface area (Å²) in [5.74, 6) is -0.0540. The molecule has 4 N–H and O–H groups in total. The van der Waals surface area contributed by atoms with Gasteiger partial charge in [0.1, 0.15) is 5.75 Å². The predicted octanol–water partition coefficient (Wildman–Crippen LogP) is 2.38. The molecule has 1 aromatic carbocycles. The average Bonchev–Trinajstić information content (AvgIpc) is 2.92. The van der Waals surface area contributed by atoms with Crippen molar-refractivity contribution in [1.82, 2.24) is 19.9 Å². The molecule has 3 aromatic rings. The predicted molar refractivity (Wildman–Crippen MR) is 99.0 cm³/mol. The van der Waals surface area contributed by atoms with Crippen molar-refractivity contribution in [2.45, 2.75) is 6.42 Å². The average molecular weight is 370 g/mol. The van der Waals surface area contributed by atoms with Crippen LogP contribution in [0.3, 0.4) is 0 Å². The molecule has 0 radical (unpaired) electrons. The fourth-order valence-corrected chi connectivity index (χ4v) is 3.53. The van der Waals surface area contributed by atoms with Gasteiger partial charge in [-0.2, -0.15) is 0 Å². The molecule has 1 amide bonds. The number of hydrogen-bond donors (Lipinski definition) is 3. The smallest absolute Gasteiger partial charge is 0.253 e. The van der Waals surface area contributed by atoms with Gasteiger partial charge in [0.25, 0.3) is 5.91 Å². The fraction of sp³-hybridized carbons (Fsp3) is 0.167. The molecule has 1 aliphatic rings. The van der Waals surface area contributed by atoms with Crippen LogP contribution in [0.15, 0.2) is 30.5 Å². The van der Waals surface area contributed by atoms with Gasteiger partial charge in [-0.15, -0.1) is 0 Å². The van der Waals surface area contributed by atoms with Crippen LogP contribution in [0.1, 0.15) is 16.1 Å². The molecule has 0 unspecified atom stereocenters. The Morgan fingerprint density at radius 3 is 2.85 bits per heavy atom. The minimum absolute atomic E-state index is 0.0499. The van der Waals surface area contributed by atoms with E-state index in [1.54, 1.807) is 30.5 Å². The number of anilines is 1. The molecule has 0 bridgehead atoms. The molecule has 0 aliphatic carbocycles. The molecule has 132 valence electrons. The summed E-state index contributed by atoms with van der Waals surface area (Å²) in [5.41, 5.74) is 9.95. The van der Waals surface area contributed by atoms with Crippen molar-refractivity contribution in [3.63, 3.8) is 0 Å². The third-order valence-electron chi connectivity index (χ3n) is 4.54. The SMILES string of the molecule is Cn1c2c(c(-c3ccc(Cl)c(O)c3)c1-c1ccnc(N)n1)C(=O)NCC2. The number of phenolic OH excluding ortho intramolecular Hbond substituents is 1. The molecule has 7 nitrogen and oxygen atoms in total. The Morgan fingerprint density at radius 1 is 1.31 bits per heavy atom. The Hall–Kier alpha value is -3.06. The quantitative estimate of drug-likeness (QED) is 0.643. The lowest BCUT2D eigenvalue weighted by molar-refractivity contribution is 0.0946. The number of halogens is 1. The largest absolute Gasteiger partial charge is 0.506 e. The second kappa shape index (κ2) is 6.03. The molecule has 4 rings (SSSR count). The van der Waals surface area contributed by atoms with Gasteiger partial charge in [-0.05, 0) is 23.8 Å². The number of aromatic hydroxyl groups is 1. The first kappa shape index (κ1) is 16.4. The minimum atomic E-state index is -0.153. The lowest BCUT2D eigenvalue weighted by atomic mass is 9.96. The lowest BCUT2D eigenvalue weighted by Crippen LogP contribution is -2.32. The van der Waals surface area contributed by atoms with Crippen LogP contribution >= 0.6 is 11.6 Å². The molecule has 0 fully saturated rings. The number of phenols is 1. The van der Waals surface area contributed by atoms with E-state index in [4.69, 9.17) is 17.3 Å². The summed E-state index contributed by atoms with van der Waals surface area (Å²) in [4.78, 5) is 20.9. The summed E-state index contributed by atoms with van der Waals surface area (Å²) in [7, 11) is 1.89. The van der Waals surface area contributed by atoms with Gasteiger partial charge in [0.2, 0.25) is 5.95 Å². The zero-order chi connectivity index (χ0) is 18.4. The molecule has 0 atom stereocenters. The molecule has 3 heterocycles. The van der Waals surface area contributed by atoms with Crippen LogP contribution in [0.25, 0.3) is 22.5 Å². The standard InChI is InChI=1S/C18H16ClN5O2/c1-24-12-5-7-21-17(26)15(12)14(9-2-3-10(19)13(25)8-9)16(24)11-4-6-22-18(20)23-11/h2-4,6,8,25H,5,7H2,1H3,(H,21,26)(H2,20,22,23). The Labute approximate surface area is 154 Å². The number of nitrogens with one attached hydrogen (secondary N) is 1. The number of benzene rings is 1. The van der Waals surface area contributed by atoms with E-state index in [0.717, 1.165) is 11.4 Å². The van der Waals surface area contributed by atoms with Crippen molar-refractivity contribution in [2.75, 3.05) is 12.3 Å². The number of amides is 1. The second-order valence-electron chi connectivity index (χ2n) is 6.08. The Bertz CT molecular complexity index is 1040. The Morgan fingerprint density at radius 2 is 2.12 bits per heavy atom. The zero-order valence-electron chi connectivity index (χ0n) is 14.0. The van der Waals surface area contributed by atoms with Crippen LogP contribution < -0.4 is 11.1 Å². The van der Waals surface area contributed by atoms with Crippen LogP contribution in [-0.4, -0.2) is 32.1 Å². The van der Waals surface area contributed by atoms with Gasteiger partial charge in [-0.1, -0.05) is 17.7 Å². The van der Waals surface area contributed by atoms with Crippen LogP contribution in [0, 0.1) is 0 Å². The van der Waals surface area contributed by atoms with Crippen LogP contribution in [0.2, 0.25) is 5.02 Å². The molecule has 0 spiro atoms. The minimum Gasteiger partial charge on any atom is -0.506 e. The number of hydrogen-bond acceptors (Lipinski definition) is 5. The monoisotopic (exact) mass is 369 g/mol. The van der Waals surface area contributed by atoms with Gasteiger partial charge in [0.05, 0.1) is 22.0 Å². The van der Waals surface area contributed by atoms with Gasteiger partial charge in [-0.25, -0.2) is 9.97 Å². The molecule has 8 heteroatoms. The molecular weight excluding hydrogens is 354 g/mol. The maximum atomic E-state index is 12.6. The highest BCUT2D eigenvalue weighted by molar-refractivity contribution is 6.32. The Kier molecular flexibility index (Phi) is 3.81. The summed E-state index contributed by atoms with van der Waals surface area (Å²) in [6.45, 7) is 0.570. The number of carbonyl (C=O) groups excluding carboxylic acids is 1. The van der Waals surface area contributed by atoms with Crippen molar-refractivity contribution in [2.24, 2.45) is 7.05 Å².